The third kappa shape index (κ3) is 3.62. The van der Waals surface area contributed by atoms with Gasteiger partial charge in [0.15, 0.2) is 0 Å². The second-order valence-corrected chi connectivity index (χ2v) is 6.79. The number of carbonyl (C=O) groups is 1. The van der Waals surface area contributed by atoms with Crippen molar-refractivity contribution in [3.63, 3.8) is 0 Å². The number of hydrogen-bond donors (Lipinski definition) is 1. The molecular formula is C18H22ClN3O2. The molecule has 24 heavy (non-hydrogen) atoms. The van der Waals surface area contributed by atoms with Crippen molar-refractivity contribution in [1.29, 1.82) is 0 Å². The van der Waals surface area contributed by atoms with E-state index in [-0.39, 0.29) is 17.9 Å². The Morgan fingerprint density at radius 3 is 2.79 bits per heavy atom. The number of hydrogen-bond acceptors (Lipinski definition) is 3. The number of halogens is 1. The maximum atomic E-state index is 12.7. The van der Waals surface area contributed by atoms with Crippen molar-refractivity contribution >= 4 is 17.5 Å². The summed E-state index contributed by atoms with van der Waals surface area (Å²) in [7, 11) is 0. The Morgan fingerprint density at radius 2 is 2.12 bits per heavy atom. The molecule has 1 fully saturated rings. The van der Waals surface area contributed by atoms with Crippen molar-refractivity contribution in [2.75, 3.05) is 13.2 Å². The summed E-state index contributed by atoms with van der Waals surface area (Å²) in [5.41, 5.74) is 2.37. The zero-order valence-electron chi connectivity index (χ0n) is 14.0. The average Bonchev–Trinajstić information content (AvgIpc) is 3.01. The van der Waals surface area contributed by atoms with E-state index < -0.39 is 0 Å². The van der Waals surface area contributed by atoms with E-state index in [1.54, 1.807) is 10.9 Å². The molecule has 0 bridgehead atoms. The van der Waals surface area contributed by atoms with Crippen LogP contribution in [0.15, 0.2) is 30.5 Å². The number of nitrogens with zero attached hydrogens (tertiary/aromatic N) is 2. The van der Waals surface area contributed by atoms with E-state index in [0.29, 0.717) is 23.8 Å². The summed E-state index contributed by atoms with van der Waals surface area (Å²) in [5.74, 6) is 0.0841. The first-order valence-electron chi connectivity index (χ1n) is 8.28. The first-order valence-corrected chi connectivity index (χ1v) is 8.66. The molecule has 0 spiro atoms. The molecule has 0 atom stereocenters. The zero-order chi connectivity index (χ0) is 17.1. The number of rotatable bonds is 4. The van der Waals surface area contributed by atoms with E-state index in [4.69, 9.17) is 16.3 Å². The van der Waals surface area contributed by atoms with Crippen LogP contribution in [0.4, 0.5) is 0 Å². The van der Waals surface area contributed by atoms with Crippen LogP contribution in [0, 0.1) is 0 Å². The Hall–Kier alpha value is -1.85. The maximum Gasteiger partial charge on any atom is 0.255 e. The van der Waals surface area contributed by atoms with Gasteiger partial charge in [0, 0.05) is 24.3 Å². The van der Waals surface area contributed by atoms with E-state index >= 15 is 0 Å². The molecular weight excluding hydrogens is 326 g/mol. The van der Waals surface area contributed by atoms with E-state index in [1.165, 1.54) is 0 Å². The summed E-state index contributed by atoms with van der Waals surface area (Å²) in [5, 5.41) is 8.19. The Kier molecular flexibility index (Phi) is 5.21. The second kappa shape index (κ2) is 7.36. The minimum atomic E-state index is -0.0705. The number of carbonyl (C=O) groups excluding carboxylic acids is 1. The normalized spacial score (nSPS) is 15.7. The highest BCUT2D eigenvalue weighted by Gasteiger charge is 2.23. The van der Waals surface area contributed by atoms with Gasteiger partial charge in [-0.1, -0.05) is 31.5 Å². The number of nitrogens with one attached hydrogen (secondary N) is 1. The molecule has 0 radical (unpaired) electrons. The van der Waals surface area contributed by atoms with Crippen molar-refractivity contribution in [2.45, 2.75) is 38.6 Å². The molecule has 1 aliphatic rings. The first-order chi connectivity index (χ1) is 11.6. The third-order valence-electron chi connectivity index (χ3n) is 4.21. The molecule has 0 saturated carbocycles. The monoisotopic (exact) mass is 347 g/mol. The Balaban J connectivity index is 1.89. The van der Waals surface area contributed by atoms with Crippen molar-refractivity contribution in [1.82, 2.24) is 15.1 Å². The largest absolute Gasteiger partial charge is 0.381 e. The predicted octanol–water partition coefficient (Wildman–Crippen LogP) is 3.56. The van der Waals surface area contributed by atoms with Crippen LogP contribution in [0.1, 0.15) is 48.7 Å². The second-order valence-electron chi connectivity index (χ2n) is 6.35. The highest BCUT2D eigenvalue weighted by Crippen LogP contribution is 2.24. The van der Waals surface area contributed by atoms with Gasteiger partial charge in [0.05, 0.1) is 23.1 Å². The molecule has 1 aromatic carbocycles. The Morgan fingerprint density at radius 1 is 1.38 bits per heavy atom. The quantitative estimate of drug-likeness (QED) is 0.920. The fraction of sp³-hybridized carbons (Fsp3) is 0.444. The van der Waals surface area contributed by atoms with Gasteiger partial charge < -0.3 is 10.1 Å². The molecule has 5 nitrogen and oxygen atoms in total. The van der Waals surface area contributed by atoms with Gasteiger partial charge in [-0.15, -0.1) is 0 Å². The minimum Gasteiger partial charge on any atom is -0.381 e. The van der Waals surface area contributed by atoms with Crippen LogP contribution < -0.4 is 5.32 Å². The molecule has 1 amide bonds. The molecule has 128 valence electrons. The summed E-state index contributed by atoms with van der Waals surface area (Å²) in [4.78, 5) is 12.7. The van der Waals surface area contributed by atoms with Gasteiger partial charge in [0.25, 0.3) is 5.91 Å². The van der Waals surface area contributed by atoms with Gasteiger partial charge in [0.1, 0.15) is 0 Å². The first kappa shape index (κ1) is 17.0. The zero-order valence-corrected chi connectivity index (χ0v) is 14.7. The lowest BCUT2D eigenvalue weighted by Crippen LogP contribution is -2.39. The molecule has 2 heterocycles. The lowest BCUT2D eigenvalue weighted by molar-refractivity contribution is 0.0696. The van der Waals surface area contributed by atoms with Gasteiger partial charge in [-0.25, -0.2) is 4.68 Å². The third-order valence-corrected chi connectivity index (χ3v) is 4.44. The van der Waals surface area contributed by atoms with Crippen molar-refractivity contribution in [3.05, 3.63) is 46.7 Å². The van der Waals surface area contributed by atoms with E-state index in [9.17, 15) is 4.79 Å². The summed E-state index contributed by atoms with van der Waals surface area (Å²) in [6, 6.07) is 7.65. The lowest BCUT2D eigenvalue weighted by atomic mass is 10.0. The Bertz CT molecular complexity index is 721. The molecule has 3 rings (SSSR count). The number of aromatic nitrogens is 2. The molecule has 1 aliphatic heterocycles. The lowest BCUT2D eigenvalue weighted by Gasteiger charge is -2.23. The van der Waals surface area contributed by atoms with Crippen LogP contribution in [0.25, 0.3) is 5.69 Å². The standard InChI is InChI=1S/C18H22ClN3O2/c1-12(2)17-16(18(23)21-14-6-8-24-9-7-14)11-20-22(17)15-5-3-4-13(19)10-15/h3-5,10-12,14H,6-9H2,1-2H3,(H,21,23). The van der Waals surface area contributed by atoms with Crippen molar-refractivity contribution in [2.24, 2.45) is 0 Å². The SMILES string of the molecule is CC(C)c1c(C(=O)NC2CCOCC2)cnn1-c1cccc(Cl)c1. The van der Waals surface area contributed by atoms with Crippen LogP contribution in [-0.2, 0) is 4.74 Å². The molecule has 1 N–H and O–H groups in total. The maximum absolute atomic E-state index is 12.7. The van der Waals surface area contributed by atoms with Gasteiger partial charge in [-0.05, 0) is 37.0 Å². The summed E-state index contributed by atoms with van der Waals surface area (Å²) >= 11 is 6.09. The average molecular weight is 348 g/mol. The molecule has 2 aromatic rings. The van der Waals surface area contributed by atoms with Crippen LogP contribution in [0.2, 0.25) is 5.02 Å². The number of ether oxygens (including phenoxy) is 1. The topological polar surface area (TPSA) is 56.1 Å². The van der Waals surface area contributed by atoms with Crippen molar-refractivity contribution < 1.29 is 9.53 Å². The van der Waals surface area contributed by atoms with Crippen LogP contribution in [0.3, 0.4) is 0 Å². The highest BCUT2D eigenvalue weighted by atomic mass is 35.5. The molecule has 1 aromatic heterocycles. The summed E-state index contributed by atoms with van der Waals surface area (Å²) in [6.07, 6.45) is 3.35. The minimum absolute atomic E-state index is 0.0705. The smallest absolute Gasteiger partial charge is 0.255 e. The van der Waals surface area contributed by atoms with Crippen LogP contribution in [-0.4, -0.2) is 34.9 Å². The highest BCUT2D eigenvalue weighted by molar-refractivity contribution is 6.30. The van der Waals surface area contributed by atoms with Crippen LogP contribution >= 0.6 is 11.6 Å². The summed E-state index contributed by atoms with van der Waals surface area (Å²) in [6.45, 7) is 5.51. The fourth-order valence-electron chi connectivity index (χ4n) is 3.01. The fourth-order valence-corrected chi connectivity index (χ4v) is 3.19. The summed E-state index contributed by atoms with van der Waals surface area (Å²) < 4.78 is 7.14. The molecule has 6 heteroatoms. The van der Waals surface area contributed by atoms with Crippen LogP contribution in [0.5, 0.6) is 0 Å². The number of amides is 1. The Labute approximate surface area is 147 Å². The van der Waals surface area contributed by atoms with E-state index in [2.05, 4.69) is 24.3 Å². The van der Waals surface area contributed by atoms with Gasteiger partial charge >= 0.3 is 0 Å². The predicted molar refractivity (Wildman–Crippen MR) is 94.0 cm³/mol. The van der Waals surface area contributed by atoms with Crippen molar-refractivity contribution in [3.8, 4) is 5.69 Å². The molecule has 1 saturated heterocycles. The van der Waals surface area contributed by atoms with Gasteiger partial charge in [0.2, 0.25) is 0 Å². The number of benzene rings is 1. The van der Waals surface area contributed by atoms with E-state index in [1.807, 2.05) is 24.3 Å². The molecule has 0 unspecified atom stereocenters. The van der Waals surface area contributed by atoms with Gasteiger partial charge in [-0.2, -0.15) is 5.10 Å². The van der Waals surface area contributed by atoms with Gasteiger partial charge in [-0.3, -0.25) is 4.79 Å². The molecule has 0 aliphatic carbocycles. The van der Waals surface area contributed by atoms with E-state index in [0.717, 1.165) is 24.2 Å².